The molecular weight excluding hydrogens is 676 g/mol. The maximum Gasteiger partial charge on any atom is 0.412 e. The molecule has 2 aliphatic rings. The highest BCUT2D eigenvalue weighted by molar-refractivity contribution is 5.87. The van der Waals surface area contributed by atoms with Crippen LogP contribution >= 0.6 is 12.4 Å². The van der Waals surface area contributed by atoms with E-state index in [2.05, 4.69) is 73.6 Å². The molecule has 284 valence electrons. The molecule has 2 saturated heterocycles. The van der Waals surface area contributed by atoms with Crippen molar-refractivity contribution in [2.75, 3.05) is 76.7 Å². The van der Waals surface area contributed by atoms with E-state index in [1.807, 2.05) is 58.0 Å². The molecule has 11 heteroatoms. The molecule has 2 aliphatic heterocycles. The number of hydrogen-bond acceptors (Lipinski definition) is 7. The minimum absolute atomic E-state index is 0. The number of amides is 1. The predicted octanol–water partition coefficient (Wildman–Crippen LogP) is 7.72. The Hall–Kier alpha value is -3.80. The van der Waals surface area contributed by atoms with E-state index in [4.69, 9.17) is 19.9 Å². The van der Waals surface area contributed by atoms with Crippen molar-refractivity contribution >= 4 is 29.9 Å². The van der Waals surface area contributed by atoms with Crippen molar-refractivity contribution in [1.29, 1.82) is 0 Å². The highest BCUT2D eigenvalue weighted by Gasteiger charge is 2.20. The number of aromatic nitrogens is 2. The van der Waals surface area contributed by atoms with Crippen LogP contribution in [0.25, 0.3) is 22.5 Å². The van der Waals surface area contributed by atoms with Crippen molar-refractivity contribution < 1.29 is 19.0 Å². The van der Waals surface area contributed by atoms with Crippen molar-refractivity contribution in [3.8, 4) is 22.5 Å². The van der Waals surface area contributed by atoms with Crippen LogP contribution in [0.4, 0.5) is 16.2 Å². The smallest absolute Gasteiger partial charge is 0.412 e. The summed E-state index contributed by atoms with van der Waals surface area (Å²) in [4.78, 5) is 17.2. The molecule has 4 aromatic rings. The largest absolute Gasteiger partial charge is 0.444 e. The standard InChI is InChI=1S/C23H33N3O3.C18H25N3O.ClH/c1-18-20(24-22(27)29-23(2,3)4)17-21(19-9-6-5-7-10-19)26(18)12-8-11-25-13-15-28-16-14-25;1-15-17(19)14-18(16-6-3-2-4-7-16)21(15)9-5-8-20-10-12-22-13-11-20;/h5-7,9-10,17H,8,11-16H2,1-4H3,(H,24,27);2-4,6-7,14H,5,8-13,19H2,1H3;1H. The van der Waals surface area contributed by atoms with E-state index in [9.17, 15) is 4.79 Å². The van der Waals surface area contributed by atoms with Crippen LogP contribution in [-0.2, 0) is 27.3 Å². The molecule has 2 aromatic carbocycles. The first kappa shape index (κ1) is 41.0. The van der Waals surface area contributed by atoms with Gasteiger partial charge in [0.2, 0.25) is 0 Å². The Bertz CT molecular complexity index is 1660. The third-order valence-corrected chi connectivity index (χ3v) is 9.47. The summed E-state index contributed by atoms with van der Waals surface area (Å²) in [5.74, 6) is 0. The molecular formula is C41H59ClN6O4. The summed E-state index contributed by atoms with van der Waals surface area (Å²) in [6, 6.07) is 24.9. The number of nitrogens with zero attached hydrogens (tertiary/aromatic N) is 4. The van der Waals surface area contributed by atoms with Crippen LogP contribution in [0.15, 0.2) is 72.8 Å². The fraction of sp³-hybridized carbons (Fsp3) is 0.488. The molecule has 4 heterocycles. The number of carbonyl (C=O) groups is 1. The van der Waals surface area contributed by atoms with Crippen LogP contribution in [0.1, 0.15) is 45.0 Å². The van der Waals surface area contributed by atoms with E-state index in [0.717, 1.165) is 120 Å². The second-order valence-corrected chi connectivity index (χ2v) is 14.4. The molecule has 0 saturated carbocycles. The Balaban J connectivity index is 0.000000236. The highest BCUT2D eigenvalue weighted by atomic mass is 35.5. The molecule has 2 fully saturated rings. The van der Waals surface area contributed by atoms with Gasteiger partial charge >= 0.3 is 6.09 Å². The minimum Gasteiger partial charge on any atom is -0.444 e. The predicted molar refractivity (Wildman–Crippen MR) is 214 cm³/mol. The first-order valence-electron chi connectivity index (χ1n) is 18.5. The molecule has 0 atom stereocenters. The van der Waals surface area contributed by atoms with Gasteiger partial charge in [-0.2, -0.15) is 0 Å². The first-order valence-corrected chi connectivity index (χ1v) is 18.5. The van der Waals surface area contributed by atoms with Crippen LogP contribution in [0, 0.1) is 13.8 Å². The quantitative estimate of drug-likeness (QED) is 0.163. The van der Waals surface area contributed by atoms with Gasteiger partial charge in [-0.1, -0.05) is 60.7 Å². The summed E-state index contributed by atoms with van der Waals surface area (Å²) in [6.45, 7) is 21.3. The van der Waals surface area contributed by atoms with Crippen molar-refractivity contribution in [3.05, 3.63) is 84.2 Å². The van der Waals surface area contributed by atoms with Crippen molar-refractivity contribution in [2.24, 2.45) is 0 Å². The summed E-state index contributed by atoms with van der Waals surface area (Å²) in [6.07, 6.45) is 1.75. The van der Waals surface area contributed by atoms with E-state index >= 15 is 0 Å². The number of ether oxygens (including phenoxy) is 3. The van der Waals surface area contributed by atoms with Crippen LogP contribution < -0.4 is 11.1 Å². The molecule has 0 radical (unpaired) electrons. The zero-order valence-electron chi connectivity index (χ0n) is 31.7. The maximum atomic E-state index is 12.3. The lowest BCUT2D eigenvalue weighted by atomic mass is 10.1. The number of anilines is 2. The van der Waals surface area contributed by atoms with Crippen molar-refractivity contribution in [3.63, 3.8) is 0 Å². The van der Waals surface area contributed by atoms with E-state index in [-0.39, 0.29) is 12.4 Å². The lowest BCUT2D eigenvalue weighted by molar-refractivity contribution is 0.0369. The third-order valence-electron chi connectivity index (χ3n) is 9.47. The molecule has 0 bridgehead atoms. The van der Waals surface area contributed by atoms with E-state index in [1.54, 1.807) is 0 Å². The lowest BCUT2D eigenvalue weighted by Crippen LogP contribution is -2.37. The maximum absolute atomic E-state index is 12.3. The molecule has 0 aliphatic carbocycles. The van der Waals surface area contributed by atoms with Gasteiger partial charge < -0.3 is 29.1 Å². The monoisotopic (exact) mass is 734 g/mol. The van der Waals surface area contributed by atoms with E-state index in [0.29, 0.717) is 0 Å². The lowest BCUT2D eigenvalue weighted by Gasteiger charge is -2.26. The molecule has 1 amide bonds. The Kier molecular flexibility index (Phi) is 15.7. The fourth-order valence-electron chi connectivity index (χ4n) is 6.68. The van der Waals surface area contributed by atoms with Crippen molar-refractivity contribution in [2.45, 2.75) is 66.2 Å². The number of rotatable bonds is 11. The normalized spacial score (nSPS) is 15.3. The Labute approximate surface area is 316 Å². The average molecular weight is 735 g/mol. The van der Waals surface area contributed by atoms with Gasteiger partial charge in [-0.25, -0.2) is 4.79 Å². The van der Waals surface area contributed by atoms with Gasteiger partial charge in [-0.15, -0.1) is 12.4 Å². The van der Waals surface area contributed by atoms with Gasteiger partial charge in [-0.05, 0) is 70.7 Å². The zero-order chi connectivity index (χ0) is 36.2. The molecule has 52 heavy (non-hydrogen) atoms. The number of hydrogen-bond donors (Lipinski definition) is 2. The van der Waals surface area contributed by atoms with Gasteiger partial charge in [0.1, 0.15) is 5.60 Å². The third kappa shape index (κ3) is 11.9. The second-order valence-electron chi connectivity index (χ2n) is 14.4. The number of nitrogen functional groups attached to an aromatic ring is 1. The summed E-state index contributed by atoms with van der Waals surface area (Å²) >= 11 is 0. The molecule has 3 N–H and O–H groups in total. The Morgan fingerprint density at radius 1 is 0.712 bits per heavy atom. The van der Waals surface area contributed by atoms with Gasteiger partial charge in [0, 0.05) is 63.7 Å². The highest BCUT2D eigenvalue weighted by Crippen LogP contribution is 2.30. The number of halogens is 1. The number of morpholine rings is 2. The van der Waals surface area contributed by atoms with Gasteiger partial charge in [0.05, 0.1) is 49.2 Å². The molecule has 2 aromatic heterocycles. The Morgan fingerprint density at radius 2 is 1.15 bits per heavy atom. The van der Waals surface area contributed by atoms with Crippen LogP contribution in [-0.4, -0.2) is 96.3 Å². The zero-order valence-corrected chi connectivity index (χ0v) is 32.6. The molecule has 0 unspecified atom stereocenters. The van der Waals surface area contributed by atoms with Gasteiger partial charge in [-0.3, -0.25) is 15.1 Å². The minimum atomic E-state index is -0.527. The molecule has 6 rings (SSSR count). The summed E-state index contributed by atoms with van der Waals surface area (Å²) in [7, 11) is 0. The van der Waals surface area contributed by atoms with Crippen LogP contribution in [0.2, 0.25) is 0 Å². The molecule has 0 spiro atoms. The van der Waals surface area contributed by atoms with Crippen LogP contribution in [0.5, 0.6) is 0 Å². The number of benzene rings is 2. The summed E-state index contributed by atoms with van der Waals surface area (Å²) in [5, 5.41) is 2.93. The van der Waals surface area contributed by atoms with E-state index in [1.165, 1.54) is 17.0 Å². The summed E-state index contributed by atoms with van der Waals surface area (Å²) < 4.78 is 20.9. The number of nitrogens with one attached hydrogen (secondary N) is 1. The number of nitrogens with two attached hydrogens (primary N) is 1. The number of carbonyl (C=O) groups excluding carboxylic acids is 1. The van der Waals surface area contributed by atoms with Crippen LogP contribution in [0.3, 0.4) is 0 Å². The fourth-order valence-corrected chi connectivity index (χ4v) is 6.68. The van der Waals surface area contributed by atoms with Gasteiger partial charge in [0.15, 0.2) is 0 Å². The Morgan fingerprint density at radius 3 is 1.62 bits per heavy atom. The topological polar surface area (TPSA) is 99.2 Å². The first-order chi connectivity index (χ1) is 24.6. The average Bonchev–Trinajstić information content (AvgIpc) is 3.59. The molecule has 10 nitrogen and oxygen atoms in total. The second kappa shape index (κ2) is 19.9. The van der Waals surface area contributed by atoms with E-state index < -0.39 is 11.7 Å². The van der Waals surface area contributed by atoms with Crippen molar-refractivity contribution in [1.82, 2.24) is 18.9 Å². The van der Waals surface area contributed by atoms with Gasteiger partial charge in [0.25, 0.3) is 0 Å². The summed E-state index contributed by atoms with van der Waals surface area (Å²) in [5.41, 5.74) is 14.2. The SMILES string of the molecule is Cc1c(N)cc(-c2ccccc2)n1CCCN1CCOCC1.Cc1c(NC(=O)OC(C)(C)C)cc(-c2ccccc2)n1CCCN1CCOCC1.Cl.